The second kappa shape index (κ2) is 10.7. The van der Waals surface area contributed by atoms with Gasteiger partial charge in [-0.2, -0.15) is 0 Å². The van der Waals surface area contributed by atoms with E-state index in [0.29, 0.717) is 27.1 Å². The SMILES string of the molecule is O=C(O)c1ccc(NC(=O)C2CC(=O)N(Cc3ccc(F)cc3)C(=Nc3cccc(Cl)c3)S2)cc1. The number of carbonyl (C=O) groups is 3. The van der Waals surface area contributed by atoms with Crippen molar-refractivity contribution in [2.24, 2.45) is 4.99 Å². The van der Waals surface area contributed by atoms with Gasteiger partial charge in [0.1, 0.15) is 11.1 Å². The van der Waals surface area contributed by atoms with Crippen molar-refractivity contribution in [3.05, 3.63) is 94.8 Å². The average Bonchev–Trinajstić information content (AvgIpc) is 2.82. The van der Waals surface area contributed by atoms with E-state index in [0.717, 1.165) is 11.8 Å². The van der Waals surface area contributed by atoms with Gasteiger partial charge in [0.15, 0.2) is 5.17 Å². The van der Waals surface area contributed by atoms with Gasteiger partial charge in [-0.25, -0.2) is 14.2 Å². The molecule has 178 valence electrons. The van der Waals surface area contributed by atoms with E-state index < -0.39 is 17.1 Å². The molecule has 0 saturated carbocycles. The van der Waals surface area contributed by atoms with E-state index in [1.54, 1.807) is 36.4 Å². The molecule has 0 radical (unpaired) electrons. The fourth-order valence-electron chi connectivity index (χ4n) is 3.34. The molecule has 7 nitrogen and oxygen atoms in total. The average molecular weight is 512 g/mol. The van der Waals surface area contributed by atoms with E-state index in [1.807, 2.05) is 0 Å². The lowest BCUT2D eigenvalue weighted by atomic mass is 10.2. The molecule has 1 saturated heterocycles. The smallest absolute Gasteiger partial charge is 0.335 e. The van der Waals surface area contributed by atoms with E-state index in [2.05, 4.69) is 10.3 Å². The number of amides is 2. The number of thioether (sulfide) groups is 1. The first-order chi connectivity index (χ1) is 16.8. The zero-order chi connectivity index (χ0) is 24.9. The number of anilines is 1. The quantitative estimate of drug-likeness (QED) is 0.465. The van der Waals surface area contributed by atoms with Gasteiger partial charge in [0, 0.05) is 17.1 Å². The molecule has 0 spiro atoms. The highest BCUT2D eigenvalue weighted by atomic mass is 35.5. The van der Waals surface area contributed by atoms with Crippen molar-refractivity contribution in [2.75, 3.05) is 5.32 Å². The molecule has 35 heavy (non-hydrogen) atoms. The van der Waals surface area contributed by atoms with E-state index in [4.69, 9.17) is 16.7 Å². The van der Waals surface area contributed by atoms with Crippen molar-refractivity contribution in [1.82, 2.24) is 4.90 Å². The van der Waals surface area contributed by atoms with Crippen LogP contribution in [0.15, 0.2) is 77.8 Å². The van der Waals surface area contributed by atoms with Crippen LogP contribution in [0.3, 0.4) is 0 Å². The maximum absolute atomic E-state index is 13.3. The predicted molar refractivity (Wildman–Crippen MR) is 134 cm³/mol. The van der Waals surface area contributed by atoms with Gasteiger partial charge in [0.05, 0.1) is 17.8 Å². The van der Waals surface area contributed by atoms with Gasteiger partial charge >= 0.3 is 5.97 Å². The molecule has 1 fully saturated rings. The minimum absolute atomic E-state index is 0.0700. The highest BCUT2D eigenvalue weighted by Crippen LogP contribution is 2.31. The molecule has 4 rings (SSSR count). The fraction of sp³-hybridized carbons (Fsp3) is 0.120. The molecule has 0 aromatic heterocycles. The Bertz CT molecular complexity index is 1300. The summed E-state index contributed by atoms with van der Waals surface area (Å²) in [7, 11) is 0. The standard InChI is InChI=1S/C25H19ClFN3O4S/c26-17-2-1-3-20(12-17)29-25-30(14-15-4-8-18(27)9-5-15)22(31)13-21(35-25)23(32)28-19-10-6-16(7-11-19)24(33)34/h1-12,21H,13-14H2,(H,28,32)(H,33,34). The first-order valence-corrected chi connectivity index (χ1v) is 11.7. The Morgan fingerprint density at radius 2 is 1.83 bits per heavy atom. The maximum atomic E-state index is 13.3. The second-order valence-corrected chi connectivity index (χ2v) is 9.27. The number of halogens is 2. The molecule has 0 bridgehead atoms. The maximum Gasteiger partial charge on any atom is 0.335 e. The molecule has 1 atom stereocenters. The number of amidine groups is 1. The number of aromatic carboxylic acids is 1. The number of aliphatic imine (C=N–C) groups is 1. The molecule has 3 aromatic carbocycles. The Hall–Kier alpha value is -3.69. The Labute approximate surface area is 209 Å². The summed E-state index contributed by atoms with van der Waals surface area (Å²) in [5.74, 6) is -2.17. The zero-order valence-corrected chi connectivity index (χ0v) is 19.7. The zero-order valence-electron chi connectivity index (χ0n) is 18.2. The van der Waals surface area contributed by atoms with Gasteiger partial charge < -0.3 is 10.4 Å². The van der Waals surface area contributed by atoms with Gasteiger partial charge in [-0.15, -0.1) is 0 Å². The third-order valence-corrected chi connectivity index (χ3v) is 6.54. The van der Waals surface area contributed by atoms with Crippen LogP contribution in [0, 0.1) is 5.82 Å². The van der Waals surface area contributed by atoms with Crippen LogP contribution in [-0.2, 0) is 16.1 Å². The van der Waals surface area contributed by atoms with Crippen LogP contribution in [0.1, 0.15) is 22.3 Å². The number of nitrogens with one attached hydrogen (secondary N) is 1. The molecule has 1 aliphatic rings. The summed E-state index contributed by atoms with van der Waals surface area (Å²) in [6.45, 7) is 0.163. The number of carboxylic acids is 1. The van der Waals surface area contributed by atoms with Crippen LogP contribution in [0.4, 0.5) is 15.8 Å². The van der Waals surface area contributed by atoms with Gasteiger partial charge in [0.2, 0.25) is 11.8 Å². The lowest BCUT2D eigenvalue weighted by Crippen LogP contribution is -2.44. The van der Waals surface area contributed by atoms with Crippen molar-refractivity contribution in [3.8, 4) is 0 Å². The number of carboxylic acid groups (broad SMARTS) is 1. The summed E-state index contributed by atoms with van der Waals surface area (Å²) in [6.07, 6.45) is -0.0700. The number of carbonyl (C=O) groups excluding carboxylic acids is 2. The predicted octanol–water partition coefficient (Wildman–Crippen LogP) is 5.34. The van der Waals surface area contributed by atoms with Crippen LogP contribution >= 0.6 is 23.4 Å². The summed E-state index contributed by atoms with van der Waals surface area (Å²) in [5, 5.41) is 11.8. The molecule has 10 heteroatoms. The molecule has 2 amide bonds. The van der Waals surface area contributed by atoms with Gasteiger partial charge in [-0.3, -0.25) is 14.5 Å². The van der Waals surface area contributed by atoms with Crippen molar-refractivity contribution >= 4 is 57.7 Å². The molecule has 0 aliphatic carbocycles. The summed E-state index contributed by atoms with van der Waals surface area (Å²) >= 11 is 7.21. The highest BCUT2D eigenvalue weighted by molar-refractivity contribution is 8.15. The first kappa shape index (κ1) is 24.4. The number of rotatable bonds is 6. The van der Waals surface area contributed by atoms with Gasteiger partial charge in [-0.1, -0.05) is 41.6 Å². The lowest BCUT2D eigenvalue weighted by molar-refractivity contribution is -0.129. The summed E-state index contributed by atoms with van der Waals surface area (Å²) < 4.78 is 13.3. The minimum Gasteiger partial charge on any atom is -0.478 e. The van der Waals surface area contributed by atoms with Gasteiger partial charge in [0.25, 0.3) is 0 Å². The Morgan fingerprint density at radius 1 is 1.11 bits per heavy atom. The molecular weight excluding hydrogens is 493 g/mol. The summed E-state index contributed by atoms with van der Waals surface area (Å²) in [6, 6.07) is 18.3. The number of hydrogen-bond donors (Lipinski definition) is 2. The van der Waals surface area contributed by atoms with Crippen molar-refractivity contribution < 1.29 is 23.9 Å². The van der Waals surface area contributed by atoms with Crippen LogP contribution < -0.4 is 5.32 Å². The molecular formula is C25H19ClFN3O4S. The van der Waals surface area contributed by atoms with Crippen LogP contribution in [0.5, 0.6) is 0 Å². The lowest BCUT2D eigenvalue weighted by Gasteiger charge is -2.32. The largest absolute Gasteiger partial charge is 0.478 e. The van der Waals surface area contributed by atoms with Crippen molar-refractivity contribution in [1.29, 1.82) is 0 Å². The molecule has 1 unspecified atom stereocenters. The molecule has 1 aliphatic heterocycles. The minimum atomic E-state index is -1.07. The molecule has 3 aromatic rings. The fourth-order valence-corrected chi connectivity index (χ4v) is 4.63. The van der Waals surface area contributed by atoms with Crippen molar-refractivity contribution in [2.45, 2.75) is 18.2 Å². The first-order valence-electron chi connectivity index (χ1n) is 10.5. The van der Waals surface area contributed by atoms with Crippen LogP contribution in [0.25, 0.3) is 0 Å². The van der Waals surface area contributed by atoms with Crippen molar-refractivity contribution in [3.63, 3.8) is 0 Å². The van der Waals surface area contributed by atoms with E-state index >= 15 is 0 Å². The van der Waals surface area contributed by atoms with E-state index in [-0.39, 0.29) is 30.3 Å². The van der Waals surface area contributed by atoms with Crippen LogP contribution in [0.2, 0.25) is 5.02 Å². The topological polar surface area (TPSA) is 99.1 Å². The normalized spacial score (nSPS) is 16.9. The number of nitrogens with zero attached hydrogens (tertiary/aromatic N) is 2. The van der Waals surface area contributed by atoms with E-state index in [9.17, 15) is 18.8 Å². The van der Waals surface area contributed by atoms with Gasteiger partial charge in [-0.05, 0) is 60.2 Å². The third-order valence-electron chi connectivity index (χ3n) is 5.12. The highest BCUT2D eigenvalue weighted by Gasteiger charge is 2.36. The second-order valence-electron chi connectivity index (χ2n) is 7.66. The summed E-state index contributed by atoms with van der Waals surface area (Å²) in [4.78, 5) is 43.1. The monoisotopic (exact) mass is 511 g/mol. The number of benzene rings is 3. The number of hydrogen-bond acceptors (Lipinski definition) is 5. The summed E-state index contributed by atoms with van der Waals surface area (Å²) in [5.41, 5.74) is 1.73. The van der Waals surface area contributed by atoms with E-state index in [1.165, 1.54) is 41.3 Å². The Kier molecular flexibility index (Phi) is 7.48. The third kappa shape index (κ3) is 6.26. The Morgan fingerprint density at radius 3 is 2.49 bits per heavy atom. The van der Waals surface area contributed by atoms with Crippen LogP contribution in [-0.4, -0.2) is 38.2 Å². The Balaban J connectivity index is 1.57. The molecule has 1 heterocycles. The molecule has 2 N–H and O–H groups in total.